The summed E-state index contributed by atoms with van der Waals surface area (Å²) in [5.74, 6) is -1.01. The number of carbonyl (C=O) groups is 1. The highest BCUT2D eigenvalue weighted by atomic mass is 16.6. The molecule has 0 atom stereocenters. The third-order valence-corrected chi connectivity index (χ3v) is 2.88. The van der Waals surface area contributed by atoms with Crippen molar-refractivity contribution in [3.05, 3.63) is 27.9 Å². The predicted molar refractivity (Wildman–Crippen MR) is 65.3 cm³/mol. The Hall–Kier alpha value is -2.22. The van der Waals surface area contributed by atoms with E-state index >= 15 is 0 Å². The molecule has 2 N–H and O–H groups in total. The first kappa shape index (κ1) is 13.2. The number of hydrogen-bond donors (Lipinski definition) is 2. The van der Waals surface area contributed by atoms with Crippen LogP contribution in [0.4, 0.5) is 11.5 Å². The molecule has 0 saturated carbocycles. The Labute approximate surface area is 108 Å². The van der Waals surface area contributed by atoms with Crippen LogP contribution in [0.5, 0.6) is 0 Å². The van der Waals surface area contributed by atoms with Crippen LogP contribution in [0.25, 0.3) is 0 Å². The first-order chi connectivity index (χ1) is 9.08. The molecule has 0 aliphatic carbocycles. The van der Waals surface area contributed by atoms with Crippen molar-refractivity contribution in [3.63, 3.8) is 0 Å². The highest BCUT2D eigenvalue weighted by Crippen LogP contribution is 2.21. The van der Waals surface area contributed by atoms with E-state index in [1.54, 1.807) is 0 Å². The van der Waals surface area contributed by atoms with Gasteiger partial charge in [-0.25, -0.2) is 9.78 Å². The van der Waals surface area contributed by atoms with Crippen LogP contribution >= 0.6 is 0 Å². The monoisotopic (exact) mass is 267 g/mol. The van der Waals surface area contributed by atoms with E-state index in [0.717, 1.165) is 19.0 Å². The molecular formula is C11H13N3O5. The van der Waals surface area contributed by atoms with Gasteiger partial charge in [0, 0.05) is 25.3 Å². The van der Waals surface area contributed by atoms with Crippen LogP contribution in [0.3, 0.4) is 0 Å². The minimum atomic E-state index is -1.34. The van der Waals surface area contributed by atoms with Crippen molar-refractivity contribution in [2.45, 2.75) is 18.9 Å². The molecule has 1 saturated heterocycles. The molecule has 0 amide bonds. The first-order valence-electron chi connectivity index (χ1n) is 5.80. The minimum Gasteiger partial charge on any atom is -0.477 e. The van der Waals surface area contributed by atoms with Gasteiger partial charge in [-0.2, -0.15) is 0 Å². The molecule has 1 fully saturated rings. The van der Waals surface area contributed by atoms with Crippen molar-refractivity contribution in [3.8, 4) is 0 Å². The van der Waals surface area contributed by atoms with E-state index in [1.807, 2.05) is 0 Å². The molecule has 19 heavy (non-hydrogen) atoms. The number of hydrogen-bond acceptors (Lipinski definition) is 6. The Morgan fingerprint density at radius 3 is 2.79 bits per heavy atom. The van der Waals surface area contributed by atoms with Crippen molar-refractivity contribution >= 4 is 17.5 Å². The van der Waals surface area contributed by atoms with E-state index in [9.17, 15) is 14.9 Å². The number of aromatic nitrogens is 1. The molecule has 0 aromatic carbocycles. The lowest BCUT2D eigenvalue weighted by Gasteiger charge is -2.23. The van der Waals surface area contributed by atoms with Gasteiger partial charge in [0.15, 0.2) is 0 Å². The second-order valence-corrected chi connectivity index (χ2v) is 4.18. The summed E-state index contributed by atoms with van der Waals surface area (Å²) >= 11 is 0. The number of ether oxygens (including phenoxy) is 1. The van der Waals surface area contributed by atoms with E-state index in [-0.39, 0.29) is 11.6 Å². The third-order valence-electron chi connectivity index (χ3n) is 2.88. The fourth-order valence-electron chi connectivity index (χ4n) is 1.89. The van der Waals surface area contributed by atoms with E-state index in [1.165, 1.54) is 6.07 Å². The van der Waals surface area contributed by atoms with E-state index < -0.39 is 16.6 Å². The maximum Gasteiger partial charge on any atom is 0.342 e. The lowest BCUT2D eigenvalue weighted by molar-refractivity contribution is -0.385. The van der Waals surface area contributed by atoms with Gasteiger partial charge in [0.2, 0.25) is 0 Å². The number of nitrogens with zero attached hydrogens (tertiary/aromatic N) is 2. The van der Waals surface area contributed by atoms with Gasteiger partial charge in [0.05, 0.1) is 4.92 Å². The number of carboxylic acid groups (broad SMARTS) is 1. The molecule has 8 nitrogen and oxygen atoms in total. The lowest BCUT2D eigenvalue weighted by Crippen LogP contribution is -2.28. The summed E-state index contributed by atoms with van der Waals surface area (Å²) in [4.78, 5) is 24.8. The van der Waals surface area contributed by atoms with Gasteiger partial charge in [-0.3, -0.25) is 10.1 Å². The molecule has 2 heterocycles. The summed E-state index contributed by atoms with van der Waals surface area (Å²) in [5.41, 5.74) is -0.875. The molecule has 8 heteroatoms. The summed E-state index contributed by atoms with van der Waals surface area (Å²) in [6, 6.07) is 1.33. The summed E-state index contributed by atoms with van der Waals surface area (Å²) in [7, 11) is 0. The largest absolute Gasteiger partial charge is 0.477 e. The van der Waals surface area contributed by atoms with Crippen molar-refractivity contribution in [1.82, 2.24) is 4.98 Å². The Bertz CT molecular complexity index is 499. The fraction of sp³-hybridized carbons (Fsp3) is 0.455. The third kappa shape index (κ3) is 3.16. The second kappa shape index (κ2) is 5.61. The van der Waals surface area contributed by atoms with Gasteiger partial charge in [-0.1, -0.05) is 0 Å². The molecule has 2 rings (SSSR count). The maximum atomic E-state index is 11.0. The number of rotatable bonds is 4. The smallest absolute Gasteiger partial charge is 0.342 e. The highest BCUT2D eigenvalue weighted by Gasteiger charge is 2.22. The SMILES string of the molecule is O=C(O)c1cc(NC2CCOCC2)ncc1[N+](=O)[O-]. The van der Waals surface area contributed by atoms with E-state index in [4.69, 9.17) is 9.84 Å². The molecule has 1 aromatic heterocycles. The Balaban J connectivity index is 2.20. The summed E-state index contributed by atoms with van der Waals surface area (Å²) in [5, 5.41) is 22.7. The van der Waals surface area contributed by atoms with Gasteiger partial charge in [-0.15, -0.1) is 0 Å². The molecule has 0 radical (unpaired) electrons. The molecule has 1 aliphatic rings. The molecular weight excluding hydrogens is 254 g/mol. The zero-order chi connectivity index (χ0) is 13.8. The summed E-state index contributed by atoms with van der Waals surface area (Å²) in [6.45, 7) is 1.27. The number of aromatic carboxylic acids is 1. The zero-order valence-corrected chi connectivity index (χ0v) is 10.0. The summed E-state index contributed by atoms with van der Waals surface area (Å²) < 4.78 is 5.21. The van der Waals surface area contributed by atoms with Crippen molar-refractivity contribution in [2.24, 2.45) is 0 Å². The predicted octanol–water partition coefficient (Wildman–Crippen LogP) is 1.28. The van der Waals surface area contributed by atoms with Gasteiger partial charge < -0.3 is 15.2 Å². The van der Waals surface area contributed by atoms with Crippen LogP contribution in [0, 0.1) is 10.1 Å². The van der Waals surface area contributed by atoms with Crippen LogP contribution < -0.4 is 5.32 Å². The van der Waals surface area contributed by atoms with Gasteiger partial charge >= 0.3 is 11.7 Å². The molecule has 1 aromatic rings. The molecule has 1 aliphatic heterocycles. The second-order valence-electron chi connectivity index (χ2n) is 4.18. The van der Waals surface area contributed by atoms with Crippen LogP contribution in [-0.2, 0) is 4.74 Å². The van der Waals surface area contributed by atoms with Crippen LogP contribution in [0.15, 0.2) is 12.3 Å². The van der Waals surface area contributed by atoms with Crippen LogP contribution in [0.1, 0.15) is 23.2 Å². The van der Waals surface area contributed by atoms with Gasteiger partial charge in [0.1, 0.15) is 17.6 Å². The minimum absolute atomic E-state index is 0.143. The number of pyridine rings is 1. The zero-order valence-electron chi connectivity index (χ0n) is 10.0. The average Bonchev–Trinajstić information content (AvgIpc) is 2.39. The van der Waals surface area contributed by atoms with Crippen LogP contribution in [0.2, 0.25) is 0 Å². The van der Waals surface area contributed by atoms with Crippen molar-refractivity contribution < 1.29 is 19.6 Å². The number of carboxylic acids is 1. The normalized spacial score (nSPS) is 16.0. The Kier molecular flexibility index (Phi) is 3.91. The molecule has 0 unspecified atom stereocenters. The van der Waals surface area contributed by atoms with Gasteiger partial charge in [0.25, 0.3) is 0 Å². The van der Waals surface area contributed by atoms with Gasteiger partial charge in [-0.05, 0) is 12.8 Å². The highest BCUT2D eigenvalue weighted by molar-refractivity contribution is 5.93. The van der Waals surface area contributed by atoms with Crippen molar-refractivity contribution in [1.29, 1.82) is 0 Å². The molecule has 0 spiro atoms. The molecule has 102 valence electrons. The fourth-order valence-corrected chi connectivity index (χ4v) is 1.89. The first-order valence-corrected chi connectivity index (χ1v) is 5.80. The van der Waals surface area contributed by atoms with Crippen molar-refractivity contribution in [2.75, 3.05) is 18.5 Å². The lowest BCUT2D eigenvalue weighted by atomic mass is 10.1. The number of nitro groups is 1. The Morgan fingerprint density at radius 1 is 1.53 bits per heavy atom. The quantitative estimate of drug-likeness (QED) is 0.623. The standard InChI is InChI=1S/C11H13N3O5/c15-11(16)8-5-10(12-6-9(8)14(17)18)13-7-1-3-19-4-2-7/h5-7H,1-4H2,(H,12,13)(H,15,16). The van der Waals surface area contributed by atoms with Crippen LogP contribution in [-0.4, -0.2) is 40.2 Å². The maximum absolute atomic E-state index is 11.0. The van der Waals surface area contributed by atoms with E-state index in [2.05, 4.69) is 10.3 Å². The van der Waals surface area contributed by atoms with E-state index in [0.29, 0.717) is 19.0 Å². The average molecular weight is 267 g/mol. The number of nitrogens with one attached hydrogen (secondary N) is 1. The summed E-state index contributed by atoms with van der Waals surface area (Å²) in [6.07, 6.45) is 2.55. The Morgan fingerprint density at radius 2 is 2.21 bits per heavy atom. The number of anilines is 1. The topological polar surface area (TPSA) is 115 Å². The molecule has 0 bridgehead atoms.